The third-order valence-corrected chi connectivity index (χ3v) is 2.16. The molecule has 1 unspecified atom stereocenters. The molecule has 2 N–H and O–H groups in total. The molecular weight excluding hydrogens is 194 g/mol. The Morgan fingerprint density at radius 1 is 1.40 bits per heavy atom. The quantitative estimate of drug-likeness (QED) is 0.568. The highest BCUT2D eigenvalue weighted by molar-refractivity contribution is 5.76. The van der Waals surface area contributed by atoms with E-state index in [1.165, 1.54) is 0 Å². The first-order chi connectivity index (χ1) is 7.24. The summed E-state index contributed by atoms with van der Waals surface area (Å²) in [5, 5.41) is 11.6. The van der Waals surface area contributed by atoms with Crippen LogP contribution in [0, 0.1) is 0 Å². The minimum Gasteiger partial charge on any atom is -0.396 e. The molecule has 1 atom stereocenters. The normalized spacial score (nSPS) is 12.5. The lowest BCUT2D eigenvalue weighted by Gasteiger charge is -2.15. The number of carbonyl (C=O) groups excluding carboxylic acids is 1. The highest BCUT2D eigenvalue weighted by Crippen LogP contribution is 1.97. The maximum Gasteiger partial charge on any atom is 0.222 e. The van der Waals surface area contributed by atoms with Gasteiger partial charge < -0.3 is 15.2 Å². The molecule has 0 fully saturated rings. The second-order valence-corrected chi connectivity index (χ2v) is 3.55. The summed E-state index contributed by atoms with van der Waals surface area (Å²) in [6.07, 6.45) is 2.85. The van der Waals surface area contributed by atoms with Crippen molar-refractivity contribution in [2.24, 2.45) is 0 Å². The van der Waals surface area contributed by atoms with Gasteiger partial charge in [-0.3, -0.25) is 4.79 Å². The van der Waals surface area contributed by atoms with E-state index in [9.17, 15) is 4.79 Å². The number of nitrogens with one attached hydrogen (secondary N) is 1. The van der Waals surface area contributed by atoms with E-state index in [-0.39, 0.29) is 18.6 Å². The maximum atomic E-state index is 11.4. The van der Waals surface area contributed by atoms with Crippen molar-refractivity contribution in [3.8, 4) is 0 Å². The molecule has 0 aromatic carbocycles. The number of carbonyl (C=O) groups is 1. The van der Waals surface area contributed by atoms with E-state index >= 15 is 0 Å². The Morgan fingerprint density at radius 3 is 2.67 bits per heavy atom. The zero-order valence-electron chi connectivity index (χ0n) is 9.79. The topological polar surface area (TPSA) is 58.6 Å². The summed E-state index contributed by atoms with van der Waals surface area (Å²) >= 11 is 0. The fourth-order valence-electron chi connectivity index (χ4n) is 1.25. The summed E-state index contributed by atoms with van der Waals surface area (Å²) in [6, 6.07) is 0.0914. The van der Waals surface area contributed by atoms with Crippen LogP contribution >= 0.6 is 0 Å². The van der Waals surface area contributed by atoms with E-state index < -0.39 is 0 Å². The van der Waals surface area contributed by atoms with Gasteiger partial charge in [-0.25, -0.2) is 0 Å². The van der Waals surface area contributed by atoms with Crippen molar-refractivity contribution in [1.29, 1.82) is 0 Å². The molecule has 0 heterocycles. The van der Waals surface area contributed by atoms with Crippen molar-refractivity contribution < 1.29 is 14.6 Å². The molecule has 0 spiro atoms. The summed E-state index contributed by atoms with van der Waals surface area (Å²) in [6.45, 7) is 5.34. The second-order valence-electron chi connectivity index (χ2n) is 3.55. The van der Waals surface area contributed by atoms with E-state index in [0.29, 0.717) is 26.1 Å². The number of hydrogen-bond acceptors (Lipinski definition) is 3. The van der Waals surface area contributed by atoms with E-state index in [1.54, 1.807) is 0 Å². The molecule has 0 aliphatic heterocycles. The fraction of sp³-hybridized carbons (Fsp3) is 0.909. The lowest BCUT2D eigenvalue weighted by molar-refractivity contribution is -0.123. The Bertz CT molecular complexity index is 162. The van der Waals surface area contributed by atoms with Crippen LogP contribution in [0.4, 0.5) is 0 Å². The third kappa shape index (κ3) is 8.39. The van der Waals surface area contributed by atoms with Crippen molar-refractivity contribution in [1.82, 2.24) is 5.32 Å². The number of aliphatic hydroxyl groups excluding tert-OH is 1. The molecular formula is C11H23NO3. The predicted octanol–water partition coefficient (Wildman–Crippen LogP) is 1.08. The van der Waals surface area contributed by atoms with Crippen LogP contribution in [0.25, 0.3) is 0 Å². The van der Waals surface area contributed by atoms with Crippen molar-refractivity contribution in [3.05, 3.63) is 0 Å². The van der Waals surface area contributed by atoms with Crippen LogP contribution in [0.5, 0.6) is 0 Å². The molecule has 0 aliphatic rings. The average molecular weight is 217 g/mol. The van der Waals surface area contributed by atoms with E-state index in [2.05, 4.69) is 5.32 Å². The molecule has 0 aromatic heterocycles. The van der Waals surface area contributed by atoms with Gasteiger partial charge in [0.05, 0.1) is 6.61 Å². The Morgan fingerprint density at radius 2 is 2.13 bits per heavy atom. The molecule has 15 heavy (non-hydrogen) atoms. The minimum absolute atomic E-state index is 0.00593. The Labute approximate surface area is 92.0 Å². The summed E-state index contributed by atoms with van der Waals surface area (Å²) in [4.78, 5) is 11.4. The van der Waals surface area contributed by atoms with Crippen LogP contribution in [0.2, 0.25) is 0 Å². The lowest BCUT2D eigenvalue weighted by Crippen LogP contribution is -2.35. The zero-order chi connectivity index (χ0) is 11.5. The smallest absolute Gasteiger partial charge is 0.222 e. The highest BCUT2D eigenvalue weighted by Gasteiger charge is 2.09. The van der Waals surface area contributed by atoms with E-state index in [4.69, 9.17) is 9.84 Å². The molecule has 0 saturated carbocycles. The van der Waals surface area contributed by atoms with Crippen molar-refractivity contribution in [2.45, 2.75) is 45.6 Å². The van der Waals surface area contributed by atoms with Crippen molar-refractivity contribution >= 4 is 5.91 Å². The molecule has 0 radical (unpaired) electrons. The van der Waals surface area contributed by atoms with Crippen molar-refractivity contribution in [3.63, 3.8) is 0 Å². The number of amides is 1. The maximum absolute atomic E-state index is 11.4. The van der Waals surface area contributed by atoms with Crippen molar-refractivity contribution in [2.75, 3.05) is 19.8 Å². The number of rotatable bonds is 9. The van der Waals surface area contributed by atoms with Gasteiger partial charge in [-0.2, -0.15) is 0 Å². The van der Waals surface area contributed by atoms with Crippen LogP contribution in [-0.4, -0.2) is 36.9 Å². The Hall–Kier alpha value is -0.610. The van der Waals surface area contributed by atoms with Crippen LogP contribution in [-0.2, 0) is 9.53 Å². The third-order valence-electron chi connectivity index (χ3n) is 2.16. The first-order valence-electron chi connectivity index (χ1n) is 5.72. The monoisotopic (exact) mass is 217 g/mol. The molecule has 1 amide bonds. The van der Waals surface area contributed by atoms with Gasteiger partial charge in [0.25, 0.3) is 0 Å². The van der Waals surface area contributed by atoms with Gasteiger partial charge >= 0.3 is 0 Å². The summed E-state index contributed by atoms with van der Waals surface area (Å²) < 4.78 is 5.22. The van der Waals surface area contributed by atoms with E-state index in [1.807, 2.05) is 13.8 Å². The number of ether oxygens (including phenoxy) is 1. The lowest BCUT2D eigenvalue weighted by atomic mass is 10.1. The standard InChI is InChI=1S/C11H23NO3/c1-3-8-15-9-6-11(14)12-10(4-2)5-7-13/h10,13H,3-9H2,1-2H3,(H,12,14). The van der Waals surface area contributed by atoms with Crippen LogP contribution in [0.3, 0.4) is 0 Å². The largest absolute Gasteiger partial charge is 0.396 e. The predicted molar refractivity (Wildman–Crippen MR) is 59.7 cm³/mol. The van der Waals surface area contributed by atoms with Gasteiger partial charge in [-0.05, 0) is 19.3 Å². The van der Waals surface area contributed by atoms with Gasteiger partial charge in [0, 0.05) is 25.7 Å². The summed E-state index contributed by atoms with van der Waals surface area (Å²) in [5.74, 6) is 0.00593. The first kappa shape index (κ1) is 14.4. The number of aliphatic hydroxyl groups is 1. The summed E-state index contributed by atoms with van der Waals surface area (Å²) in [7, 11) is 0. The molecule has 0 saturated heterocycles. The number of hydrogen-bond donors (Lipinski definition) is 2. The van der Waals surface area contributed by atoms with Gasteiger partial charge in [-0.15, -0.1) is 0 Å². The SMILES string of the molecule is CCCOCCC(=O)NC(CC)CCO. The summed E-state index contributed by atoms with van der Waals surface area (Å²) in [5.41, 5.74) is 0. The van der Waals surface area contributed by atoms with Crippen LogP contribution < -0.4 is 5.32 Å². The molecule has 0 bridgehead atoms. The van der Waals surface area contributed by atoms with Gasteiger partial charge in [0.2, 0.25) is 5.91 Å². The highest BCUT2D eigenvalue weighted by atomic mass is 16.5. The van der Waals surface area contributed by atoms with Crippen LogP contribution in [0.15, 0.2) is 0 Å². The van der Waals surface area contributed by atoms with Gasteiger partial charge in [-0.1, -0.05) is 13.8 Å². The van der Waals surface area contributed by atoms with Gasteiger partial charge in [0.1, 0.15) is 0 Å². The molecule has 0 aromatic rings. The van der Waals surface area contributed by atoms with Gasteiger partial charge in [0.15, 0.2) is 0 Å². The molecule has 4 nitrogen and oxygen atoms in total. The van der Waals surface area contributed by atoms with E-state index in [0.717, 1.165) is 12.8 Å². The minimum atomic E-state index is 0.00593. The molecule has 4 heteroatoms. The Balaban J connectivity index is 3.52. The van der Waals surface area contributed by atoms with Crippen LogP contribution in [0.1, 0.15) is 39.5 Å². The second kappa shape index (κ2) is 9.93. The fourth-order valence-corrected chi connectivity index (χ4v) is 1.25. The molecule has 90 valence electrons. The first-order valence-corrected chi connectivity index (χ1v) is 5.72. The zero-order valence-corrected chi connectivity index (χ0v) is 9.79. The molecule has 0 aliphatic carbocycles. The average Bonchev–Trinajstić information content (AvgIpc) is 2.24. The Kier molecular flexibility index (Phi) is 9.52. The molecule has 0 rings (SSSR count).